The Kier molecular flexibility index (Phi) is 7.19. The van der Waals surface area contributed by atoms with Crippen LogP contribution in [0.4, 0.5) is 0 Å². The Morgan fingerprint density at radius 2 is 1.70 bits per heavy atom. The van der Waals surface area contributed by atoms with Crippen molar-refractivity contribution in [3.05, 3.63) is 88.0 Å². The first kappa shape index (κ1) is 27.1. The van der Waals surface area contributed by atoms with Crippen LogP contribution in [-0.2, 0) is 11.8 Å². The van der Waals surface area contributed by atoms with Crippen LogP contribution in [0.5, 0.6) is 5.75 Å². The topological polar surface area (TPSA) is 90.7 Å². The lowest BCUT2D eigenvalue weighted by Gasteiger charge is -2.28. The van der Waals surface area contributed by atoms with E-state index < -0.39 is 6.04 Å². The monoisotopic (exact) mass is 539 g/mol. The summed E-state index contributed by atoms with van der Waals surface area (Å²) in [7, 11) is 1.72. The molecule has 2 aromatic heterocycles. The summed E-state index contributed by atoms with van der Waals surface area (Å²) in [5, 5.41) is 2.18. The first-order valence-corrected chi connectivity index (χ1v) is 13.5. The number of benzene rings is 2. The number of hydrogen-bond donors (Lipinski definition) is 0. The van der Waals surface area contributed by atoms with Crippen molar-refractivity contribution >= 4 is 39.2 Å². The quantitative estimate of drug-likeness (QED) is 0.159. The van der Waals surface area contributed by atoms with Crippen LogP contribution in [0.2, 0.25) is 0 Å². The van der Waals surface area contributed by atoms with Gasteiger partial charge in [0.05, 0.1) is 45.9 Å². The van der Waals surface area contributed by atoms with Crippen LogP contribution in [0.3, 0.4) is 0 Å². The third-order valence-corrected chi connectivity index (χ3v) is 7.39. The minimum Gasteiger partial charge on any atom is -0.494 e. The fraction of sp³-hybridized carbons (Fsp3) is 0.312. The SMILES string of the molecule is C=C(OCC)c1cc2c3ccnc(C)c3c(=O)n(C)c2cc1OC[C@H](CC(C)C)N1C(=O)c2ccccc2C1=O. The number of rotatable bonds is 9. The Labute approximate surface area is 232 Å². The van der Waals surface area contributed by atoms with E-state index in [1.807, 2.05) is 39.8 Å². The number of pyridine rings is 2. The molecule has 1 aliphatic heterocycles. The van der Waals surface area contributed by atoms with Crippen molar-refractivity contribution in [1.29, 1.82) is 0 Å². The molecule has 0 N–H and O–H groups in total. The highest BCUT2D eigenvalue weighted by molar-refractivity contribution is 6.21. The molecular formula is C32H33N3O5. The Morgan fingerprint density at radius 1 is 1.02 bits per heavy atom. The molecule has 0 saturated heterocycles. The van der Waals surface area contributed by atoms with Crippen molar-refractivity contribution in [3.63, 3.8) is 0 Å². The van der Waals surface area contributed by atoms with E-state index in [4.69, 9.17) is 9.47 Å². The van der Waals surface area contributed by atoms with E-state index in [2.05, 4.69) is 11.6 Å². The smallest absolute Gasteiger partial charge is 0.261 e. The van der Waals surface area contributed by atoms with Gasteiger partial charge >= 0.3 is 0 Å². The minimum absolute atomic E-state index is 0.0755. The summed E-state index contributed by atoms with van der Waals surface area (Å²) in [5.41, 5.74) is 2.62. The highest BCUT2D eigenvalue weighted by atomic mass is 16.5. The molecule has 1 aliphatic rings. The van der Waals surface area contributed by atoms with Gasteiger partial charge in [0, 0.05) is 24.7 Å². The van der Waals surface area contributed by atoms with E-state index in [1.54, 1.807) is 48.1 Å². The van der Waals surface area contributed by atoms with Gasteiger partial charge in [-0.05, 0) is 55.8 Å². The first-order valence-electron chi connectivity index (χ1n) is 13.5. The van der Waals surface area contributed by atoms with Gasteiger partial charge in [0.25, 0.3) is 17.4 Å². The van der Waals surface area contributed by atoms with Crippen LogP contribution in [-0.4, -0.2) is 45.5 Å². The number of hydrogen-bond acceptors (Lipinski definition) is 6. The Bertz CT molecular complexity index is 1700. The summed E-state index contributed by atoms with van der Waals surface area (Å²) in [6.07, 6.45) is 2.26. The minimum atomic E-state index is -0.495. The van der Waals surface area contributed by atoms with Crippen LogP contribution in [0.15, 0.2) is 60.0 Å². The number of imide groups is 1. The predicted octanol–water partition coefficient (Wildman–Crippen LogP) is 5.49. The molecule has 5 rings (SSSR count). The maximum atomic E-state index is 13.3. The van der Waals surface area contributed by atoms with E-state index in [-0.39, 0.29) is 29.9 Å². The molecule has 0 aliphatic carbocycles. The van der Waals surface area contributed by atoms with Crippen molar-refractivity contribution in [2.75, 3.05) is 13.2 Å². The van der Waals surface area contributed by atoms with Gasteiger partial charge in [-0.25, -0.2) is 0 Å². The lowest BCUT2D eigenvalue weighted by molar-refractivity contribution is 0.0507. The van der Waals surface area contributed by atoms with Crippen molar-refractivity contribution < 1.29 is 19.1 Å². The lowest BCUT2D eigenvalue weighted by Crippen LogP contribution is -2.44. The summed E-state index contributed by atoms with van der Waals surface area (Å²) in [4.78, 5) is 45.5. The second-order valence-electron chi connectivity index (χ2n) is 10.5. The van der Waals surface area contributed by atoms with Gasteiger partial charge < -0.3 is 14.0 Å². The zero-order valence-electron chi connectivity index (χ0n) is 23.5. The van der Waals surface area contributed by atoms with E-state index in [9.17, 15) is 14.4 Å². The summed E-state index contributed by atoms with van der Waals surface area (Å²) in [6.45, 7) is 12.4. The summed E-state index contributed by atoms with van der Waals surface area (Å²) in [5.74, 6) is 0.455. The van der Waals surface area contributed by atoms with Crippen molar-refractivity contribution in [2.24, 2.45) is 13.0 Å². The molecular weight excluding hydrogens is 506 g/mol. The maximum absolute atomic E-state index is 13.3. The molecule has 1 atom stereocenters. The van der Waals surface area contributed by atoms with Crippen molar-refractivity contribution in [3.8, 4) is 5.75 Å². The van der Waals surface area contributed by atoms with Gasteiger partial charge in [-0.15, -0.1) is 0 Å². The fourth-order valence-electron chi connectivity index (χ4n) is 5.51. The van der Waals surface area contributed by atoms with Crippen molar-refractivity contribution in [1.82, 2.24) is 14.5 Å². The molecule has 0 unspecified atom stereocenters. The van der Waals surface area contributed by atoms with Gasteiger partial charge in [0.15, 0.2) is 0 Å². The normalized spacial score (nSPS) is 13.8. The molecule has 0 radical (unpaired) electrons. The van der Waals surface area contributed by atoms with Gasteiger partial charge in [0.1, 0.15) is 18.1 Å². The van der Waals surface area contributed by atoms with Crippen LogP contribution >= 0.6 is 0 Å². The number of carbonyl (C=O) groups is 2. The number of fused-ring (bicyclic) bond motifs is 4. The Morgan fingerprint density at radius 3 is 2.33 bits per heavy atom. The lowest BCUT2D eigenvalue weighted by atomic mass is 10.0. The van der Waals surface area contributed by atoms with E-state index in [0.29, 0.717) is 57.8 Å². The molecule has 40 heavy (non-hydrogen) atoms. The Hall–Kier alpha value is -4.46. The zero-order valence-corrected chi connectivity index (χ0v) is 23.5. The third-order valence-electron chi connectivity index (χ3n) is 7.39. The molecule has 2 aromatic carbocycles. The van der Waals surface area contributed by atoms with Gasteiger partial charge in [-0.2, -0.15) is 0 Å². The number of aryl methyl sites for hydroxylation is 2. The average molecular weight is 540 g/mol. The van der Waals surface area contributed by atoms with Crippen LogP contribution in [0.25, 0.3) is 27.4 Å². The standard InChI is InChI=1S/C32H33N3O5/c1-7-39-20(5)25-15-26-22-12-13-33-19(4)29(22)32(38)34(6)27(26)16-28(25)40-17-21(14-18(2)3)35-30(36)23-10-8-9-11-24(23)31(35)37/h8-13,15-16,18,21H,5,7,14,17H2,1-4,6H3/t21-/m0/s1. The molecule has 0 fully saturated rings. The molecule has 4 aromatic rings. The zero-order chi connectivity index (χ0) is 28.7. The molecule has 0 bridgehead atoms. The Balaban J connectivity index is 1.60. The highest BCUT2D eigenvalue weighted by Gasteiger charge is 2.40. The van der Waals surface area contributed by atoms with E-state index in [1.165, 1.54) is 4.90 Å². The second kappa shape index (κ2) is 10.6. The van der Waals surface area contributed by atoms with E-state index >= 15 is 0 Å². The van der Waals surface area contributed by atoms with Crippen LogP contribution < -0.4 is 10.3 Å². The fourth-order valence-corrected chi connectivity index (χ4v) is 5.51. The van der Waals surface area contributed by atoms with Crippen LogP contribution in [0, 0.1) is 12.8 Å². The summed E-state index contributed by atoms with van der Waals surface area (Å²) < 4.78 is 13.8. The number of aromatic nitrogens is 2. The predicted molar refractivity (Wildman–Crippen MR) is 156 cm³/mol. The van der Waals surface area contributed by atoms with Gasteiger partial charge in [0.2, 0.25) is 0 Å². The largest absolute Gasteiger partial charge is 0.494 e. The van der Waals surface area contributed by atoms with Crippen LogP contribution in [0.1, 0.15) is 59.2 Å². The molecule has 0 spiro atoms. The third kappa shape index (κ3) is 4.53. The van der Waals surface area contributed by atoms with Gasteiger partial charge in [-0.3, -0.25) is 24.3 Å². The first-order chi connectivity index (χ1) is 19.1. The highest BCUT2D eigenvalue weighted by Crippen LogP contribution is 2.35. The summed E-state index contributed by atoms with van der Waals surface area (Å²) >= 11 is 0. The molecule has 206 valence electrons. The number of nitrogens with zero attached hydrogens (tertiary/aromatic N) is 3. The molecule has 2 amide bonds. The van der Waals surface area contributed by atoms with Gasteiger partial charge in [-0.1, -0.05) is 32.6 Å². The molecule has 3 heterocycles. The summed E-state index contributed by atoms with van der Waals surface area (Å²) in [6, 6.07) is 11.9. The average Bonchev–Trinajstić information content (AvgIpc) is 3.18. The number of amides is 2. The molecule has 8 heteroatoms. The number of ether oxygens (including phenoxy) is 2. The maximum Gasteiger partial charge on any atom is 0.261 e. The van der Waals surface area contributed by atoms with E-state index in [0.717, 1.165) is 10.8 Å². The second-order valence-corrected chi connectivity index (χ2v) is 10.5. The molecule has 8 nitrogen and oxygen atoms in total. The molecule has 0 saturated carbocycles. The number of carbonyl (C=O) groups excluding carboxylic acids is 2. The van der Waals surface area contributed by atoms with Crippen molar-refractivity contribution in [2.45, 2.75) is 40.2 Å².